The maximum absolute atomic E-state index is 5.33. The van der Waals surface area contributed by atoms with E-state index >= 15 is 0 Å². The van der Waals surface area contributed by atoms with Crippen molar-refractivity contribution in [3.8, 4) is 0 Å². The van der Waals surface area contributed by atoms with Crippen molar-refractivity contribution in [1.29, 1.82) is 0 Å². The molecule has 0 aromatic carbocycles. The number of nitrogens with two attached hydrogens (primary N) is 1. The lowest BCUT2D eigenvalue weighted by Crippen LogP contribution is -2.07. The number of nitrogen functional groups attached to an aromatic ring is 1. The maximum Gasteiger partial charge on any atom is 0.150 e. The SMILES string of the molecule is C=Cc1nccn1N.CC.CC. The van der Waals surface area contributed by atoms with Crippen molar-refractivity contribution in [2.24, 2.45) is 0 Å². The lowest BCUT2D eigenvalue weighted by atomic mass is 10.6. The van der Waals surface area contributed by atoms with E-state index in [0.29, 0.717) is 5.82 Å². The van der Waals surface area contributed by atoms with E-state index in [1.807, 2.05) is 27.7 Å². The number of aromatic nitrogens is 2. The summed E-state index contributed by atoms with van der Waals surface area (Å²) in [4.78, 5) is 3.85. The summed E-state index contributed by atoms with van der Waals surface area (Å²) in [6.45, 7) is 11.5. The number of hydrogen-bond donors (Lipinski definition) is 1. The third-order valence-electron chi connectivity index (χ3n) is 0.881. The average Bonchev–Trinajstić information content (AvgIpc) is 2.58. The van der Waals surface area contributed by atoms with E-state index in [1.54, 1.807) is 18.5 Å². The number of rotatable bonds is 1. The third-order valence-corrected chi connectivity index (χ3v) is 0.881. The molecule has 0 aliphatic carbocycles. The summed E-state index contributed by atoms with van der Waals surface area (Å²) < 4.78 is 1.41. The molecule has 0 unspecified atom stereocenters. The fourth-order valence-corrected chi connectivity index (χ4v) is 0.483. The summed E-state index contributed by atoms with van der Waals surface area (Å²) in [6, 6.07) is 0. The third kappa shape index (κ3) is 4.55. The Morgan fingerprint density at radius 2 is 1.92 bits per heavy atom. The Morgan fingerprint density at radius 1 is 1.42 bits per heavy atom. The van der Waals surface area contributed by atoms with Gasteiger partial charge in [-0.15, -0.1) is 0 Å². The normalized spacial score (nSPS) is 7.00. The minimum atomic E-state index is 0.685. The highest BCUT2D eigenvalue weighted by atomic mass is 15.3. The average molecular weight is 169 g/mol. The number of imidazole rings is 1. The fraction of sp³-hybridized carbons (Fsp3) is 0.444. The van der Waals surface area contributed by atoms with E-state index in [1.165, 1.54) is 4.68 Å². The maximum atomic E-state index is 5.33. The topological polar surface area (TPSA) is 43.8 Å². The molecule has 1 aromatic heterocycles. The Balaban J connectivity index is 0. The van der Waals surface area contributed by atoms with E-state index in [2.05, 4.69) is 11.6 Å². The van der Waals surface area contributed by atoms with Crippen molar-refractivity contribution in [3.63, 3.8) is 0 Å². The highest BCUT2D eigenvalue weighted by Crippen LogP contribution is 1.90. The van der Waals surface area contributed by atoms with Crippen LogP contribution >= 0.6 is 0 Å². The predicted molar refractivity (Wildman–Crippen MR) is 55.2 cm³/mol. The predicted octanol–water partition coefficient (Wildman–Crippen LogP) is 2.29. The van der Waals surface area contributed by atoms with Crippen molar-refractivity contribution < 1.29 is 0 Å². The van der Waals surface area contributed by atoms with Gasteiger partial charge < -0.3 is 5.84 Å². The Kier molecular flexibility index (Phi) is 10.8. The Labute approximate surface area is 74.9 Å². The lowest BCUT2D eigenvalue weighted by Gasteiger charge is -1.89. The summed E-state index contributed by atoms with van der Waals surface area (Å²) in [6.07, 6.45) is 4.88. The molecular weight excluding hydrogens is 150 g/mol. The van der Waals surface area contributed by atoms with Crippen molar-refractivity contribution >= 4 is 6.08 Å². The zero-order valence-corrected chi connectivity index (χ0v) is 8.41. The molecule has 1 aromatic rings. The molecule has 3 heteroatoms. The number of hydrogen-bond acceptors (Lipinski definition) is 2. The Bertz CT molecular complexity index is 191. The van der Waals surface area contributed by atoms with Crippen molar-refractivity contribution in [2.45, 2.75) is 27.7 Å². The minimum absolute atomic E-state index is 0.685. The van der Waals surface area contributed by atoms with E-state index in [9.17, 15) is 0 Å². The molecule has 3 nitrogen and oxygen atoms in total. The van der Waals surface area contributed by atoms with Crippen LogP contribution in [-0.2, 0) is 0 Å². The molecule has 1 rings (SSSR count). The molecule has 70 valence electrons. The van der Waals surface area contributed by atoms with Crippen molar-refractivity contribution in [1.82, 2.24) is 9.66 Å². The highest BCUT2D eigenvalue weighted by molar-refractivity contribution is 5.36. The lowest BCUT2D eigenvalue weighted by molar-refractivity contribution is 0.980. The van der Waals surface area contributed by atoms with E-state index in [4.69, 9.17) is 5.84 Å². The fourth-order valence-electron chi connectivity index (χ4n) is 0.483. The van der Waals surface area contributed by atoms with Gasteiger partial charge in [-0.2, -0.15) is 0 Å². The zero-order valence-electron chi connectivity index (χ0n) is 8.41. The van der Waals surface area contributed by atoms with Crippen LogP contribution in [-0.4, -0.2) is 9.66 Å². The van der Waals surface area contributed by atoms with Gasteiger partial charge in [-0.05, 0) is 6.08 Å². The smallest absolute Gasteiger partial charge is 0.150 e. The largest absolute Gasteiger partial charge is 0.338 e. The summed E-state index contributed by atoms with van der Waals surface area (Å²) in [5.74, 6) is 6.02. The molecule has 0 saturated carbocycles. The van der Waals surface area contributed by atoms with Crippen LogP contribution in [0.4, 0.5) is 0 Å². The molecule has 0 atom stereocenters. The first-order chi connectivity index (χ1) is 5.84. The van der Waals surface area contributed by atoms with Gasteiger partial charge in [-0.3, -0.25) is 4.68 Å². The summed E-state index contributed by atoms with van der Waals surface area (Å²) in [7, 11) is 0. The molecule has 0 spiro atoms. The van der Waals surface area contributed by atoms with Gasteiger partial charge in [0, 0.05) is 12.4 Å². The Morgan fingerprint density at radius 3 is 2.08 bits per heavy atom. The van der Waals surface area contributed by atoms with Crippen LogP contribution in [0.1, 0.15) is 33.5 Å². The zero-order chi connectivity index (χ0) is 9.98. The van der Waals surface area contributed by atoms with E-state index in [-0.39, 0.29) is 0 Å². The molecule has 0 amide bonds. The minimum Gasteiger partial charge on any atom is -0.338 e. The van der Waals surface area contributed by atoms with Crippen molar-refractivity contribution in [2.75, 3.05) is 5.84 Å². The molecule has 2 N–H and O–H groups in total. The monoisotopic (exact) mass is 169 g/mol. The van der Waals surface area contributed by atoms with Gasteiger partial charge >= 0.3 is 0 Å². The summed E-state index contributed by atoms with van der Waals surface area (Å²) in [5.41, 5.74) is 0. The van der Waals surface area contributed by atoms with Gasteiger partial charge in [0.25, 0.3) is 0 Å². The van der Waals surface area contributed by atoms with Gasteiger partial charge in [0.1, 0.15) is 5.82 Å². The second-order valence-electron chi connectivity index (χ2n) is 1.40. The molecular formula is C9H19N3. The van der Waals surface area contributed by atoms with E-state index < -0.39 is 0 Å². The summed E-state index contributed by atoms with van der Waals surface area (Å²) >= 11 is 0. The van der Waals surface area contributed by atoms with Crippen LogP contribution in [0.2, 0.25) is 0 Å². The Hall–Kier alpha value is -1.25. The second-order valence-corrected chi connectivity index (χ2v) is 1.40. The molecule has 0 fully saturated rings. The molecule has 0 bridgehead atoms. The molecule has 12 heavy (non-hydrogen) atoms. The first-order valence-electron chi connectivity index (χ1n) is 4.25. The highest BCUT2D eigenvalue weighted by Gasteiger charge is 1.88. The number of nitrogens with zero attached hydrogens (tertiary/aromatic N) is 2. The summed E-state index contributed by atoms with van der Waals surface area (Å²) in [5, 5.41) is 0. The van der Waals surface area contributed by atoms with E-state index in [0.717, 1.165) is 0 Å². The van der Waals surface area contributed by atoms with Crippen molar-refractivity contribution in [3.05, 3.63) is 24.8 Å². The molecule has 0 radical (unpaired) electrons. The van der Waals surface area contributed by atoms with Crippen LogP contribution in [0.3, 0.4) is 0 Å². The first kappa shape index (κ1) is 13.3. The van der Waals surface area contributed by atoms with Gasteiger partial charge in [0.15, 0.2) is 0 Å². The molecule has 0 aliphatic heterocycles. The van der Waals surface area contributed by atoms with Crippen LogP contribution in [0.25, 0.3) is 6.08 Å². The van der Waals surface area contributed by atoms with Crippen LogP contribution < -0.4 is 5.84 Å². The van der Waals surface area contributed by atoms with Gasteiger partial charge in [0.05, 0.1) is 0 Å². The standard InChI is InChI=1S/C5H7N3.2C2H6/c1-2-5-7-3-4-8(5)6;2*1-2/h2-4H,1,6H2;2*1-2H3. The molecule has 1 heterocycles. The second kappa shape index (κ2) is 9.75. The van der Waals surface area contributed by atoms with Crippen LogP contribution in [0.15, 0.2) is 19.0 Å². The first-order valence-corrected chi connectivity index (χ1v) is 4.25. The van der Waals surface area contributed by atoms with Crippen LogP contribution in [0.5, 0.6) is 0 Å². The molecule has 0 aliphatic rings. The van der Waals surface area contributed by atoms with Crippen LogP contribution in [0, 0.1) is 0 Å². The van der Waals surface area contributed by atoms with Gasteiger partial charge in [0.2, 0.25) is 0 Å². The quantitative estimate of drug-likeness (QED) is 0.655. The molecule has 0 saturated heterocycles. The van der Waals surface area contributed by atoms with Gasteiger partial charge in [-0.1, -0.05) is 34.3 Å². The van der Waals surface area contributed by atoms with Gasteiger partial charge in [-0.25, -0.2) is 4.98 Å².